The fraction of sp³-hybridized carbons (Fsp3) is 0. The molecule has 84 valence electrons. The molecule has 0 radical (unpaired) electrons. The quantitative estimate of drug-likeness (QED) is 0.664. The van der Waals surface area contributed by atoms with Crippen molar-refractivity contribution in [2.24, 2.45) is 0 Å². The van der Waals surface area contributed by atoms with Crippen LogP contribution in [0.25, 0.3) is 22.6 Å². The Morgan fingerprint density at radius 2 is 1.94 bits per heavy atom. The maximum absolute atomic E-state index is 13.4. The van der Waals surface area contributed by atoms with Gasteiger partial charge in [-0.25, -0.2) is 9.37 Å². The number of hydrogen-bond donors (Lipinski definition) is 0. The summed E-state index contributed by atoms with van der Waals surface area (Å²) in [6.07, 6.45) is 0. The number of oxazole rings is 1. The Labute approximate surface area is 105 Å². The van der Waals surface area contributed by atoms with E-state index in [1.807, 2.05) is 24.3 Å². The van der Waals surface area contributed by atoms with Gasteiger partial charge in [-0.1, -0.05) is 12.1 Å². The van der Waals surface area contributed by atoms with E-state index in [1.165, 1.54) is 6.07 Å². The molecule has 0 unspecified atom stereocenters. The molecule has 0 saturated heterocycles. The third kappa shape index (κ3) is 1.85. The number of benzene rings is 2. The number of hydrogen-bond acceptors (Lipinski definition) is 2. The maximum Gasteiger partial charge on any atom is 0.227 e. The average Bonchev–Trinajstić information content (AvgIpc) is 2.76. The molecule has 2 nitrogen and oxygen atoms in total. The summed E-state index contributed by atoms with van der Waals surface area (Å²) in [5.41, 5.74) is 2.10. The summed E-state index contributed by atoms with van der Waals surface area (Å²) in [6, 6.07) is 12.3. The van der Waals surface area contributed by atoms with Crippen molar-refractivity contribution in [3.63, 3.8) is 0 Å². The molecule has 3 aromatic rings. The van der Waals surface area contributed by atoms with Crippen LogP contribution in [0.5, 0.6) is 0 Å². The van der Waals surface area contributed by atoms with Crippen LogP contribution >= 0.6 is 15.9 Å². The van der Waals surface area contributed by atoms with Crippen LogP contribution in [0, 0.1) is 5.82 Å². The van der Waals surface area contributed by atoms with Crippen molar-refractivity contribution in [2.45, 2.75) is 0 Å². The van der Waals surface area contributed by atoms with Crippen LogP contribution in [-0.2, 0) is 0 Å². The van der Waals surface area contributed by atoms with Crippen molar-refractivity contribution in [1.29, 1.82) is 0 Å². The van der Waals surface area contributed by atoms with Gasteiger partial charge in [0.1, 0.15) is 11.3 Å². The summed E-state index contributed by atoms with van der Waals surface area (Å²) in [5.74, 6) is 0.0994. The predicted molar refractivity (Wildman–Crippen MR) is 67.1 cm³/mol. The number of fused-ring (bicyclic) bond motifs is 1. The first-order valence-electron chi connectivity index (χ1n) is 5.05. The third-order valence-corrected chi connectivity index (χ3v) is 3.10. The summed E-state index contributed by atoms with van der Waals surface area (Å²) in [5, 5.41) is 0. The van der Waals surface area contributed by atoms with Gasteiger partial charge in [0.15, 0.2) is 5.58 Å². The minimum absolute atomic E-state index is 0.329. The molecule has 1 heterocycles. The Kier molecular flexibility index (Phi) is 2.44. The molecule has 0 amide bonds. The lowest BCUT2D eigenvalue weighted by molar-refractivity contribution is 0.608. The second-order valence-electron chi connectivity index (χ2n) is 3.62. The average molecular weight is 292 g/mol. The summed E-state index contributed by atoms with van der Waals surface area (Å²) in [7, 11) is 0. The fourth-order valence-corrected chi connectivity index (χ4v) is 1.87. The van der Waals surface area contributed by atoms with Gasteiger partial charge in [0.05, 0.1) is 4.47 Å². The number of rotatable bonds is 1. The van der Waals surface area contributed by atoms with Crippen LogP contribution in [0.4, 0.5) is 4.39 Å². The molecule has 0 fully saturated rings. The van der Waals surface area contributed by atoms with Gasteiger partial charge in [-0.15, -0.1) is 0 Å². The number of para-hydroxylation sites is 2. The van der Waals surface area contributed by atoms with E-state index < -0.39 is 0 Å². The van der Waals surface area contributed by atoms with E-state index in [2.05, 4.69) is 20.9 Å². The summed E-state index contributed by atoms with van der Waals surface area (Å²) < 4.78 is 19.4. The molecule has 1 aromatic heterocycles. The van der Waals surface area contributed by atoms with E-state index in [-0.39, 0.29) is 5.82 Å². The Hall–Kier alpha value is -1.68. The normalized spacial score (nSPS) is 10.9. The van der Waals surface area contributed by atoms with Crippen molar-refractivity contribution < 1.29 is 8.81 Å². The summed E-state index contributed by atoms with van der Waals surface area (Å²) >= 11 is 3.11. The van der Waals surface area contributed by atoms with Crippen molar-refractivity contribution in [3.05, 3.63) is 52.8 Å². The van der Waals surface area contributed by atoms with Gasteiger partial charge in [-0.3, -0.25) is 0 Å². The summed E-state index contributed by atoms with van der Waals surface area (Å²) in [4.78, 5) is 4.31. The van der Waals surface area contributed by atoms with Crippen LogP contribution in [0.3, 0.4) is 0 Å². The smallest absolute Gasteiger partial charge is 0.227 e. The van der Waals surface area contributed by atoms with Crippen LogP contribution in [0.2, 0.25) is 0 Å². The molecule has 0 aliphatic carbocycles. The zero-order chi connectivity index (χ0) is 11.8. The zero-order valence-corrected chi connectivity index (χ0v) is 10.2. The lowest BCUT2D eigenvalue weighted by Gasteiger charge is -1.97. The first-order chi connectivity index (χ1) is 8.24. The number of nitrogens with zero attached hydrogens (tertiary/aromatic N) is 1. The third-order valence-electron chi connectivity index (χ3n) is 2.46. The van der Waals surface area contributed by atoms with Gasteiger partial charge in [0.25, 0.3) is 0 Å². The monoisotopic (exact) mass is 291 g/mol. The van der Waals surface area contributed by atoms with E-state index in [1.54, 1.807) is 12.1 Å². The molecule has 0 atom stereocenters. The van der Waals surface area contributed by atoms with Crippen molar-refractivity contribution in [1.82, 2.24) is 4.98 Å². The van der Waals surface area contributed by atoms with E-state index in [9.17, 15) is 4.39 Å². The molecule has 2 aromatic carbocycles. The molecule has 4 heteroatoms. The Balaban J connectivity index is 2.17. The lowest BCUT2D eigenvalue weighted by Crippen LogP contribution is -1.81. The van der Waals surface area contributed by atoms with Crippen LogP contribution < -0.4 is 0 Å². The lowest BCUT2D eigenvalue weighted by atomic mass is 10.2. The predicted octanol–water partition coefficient (Wildman–Crippen LogP) is 4.40. The van der Waals surface area contributed by atoms with E-state index >= 15 is 0 Å². The molecular weight excluding hydrogens is 285 g/mol. The van der Waals surface area contributed by atoms with Crippen molar-refractivity contribution in [2.75, 3.05) is 0 Å². The molecule has 0 spiro atoms. The topological polar surface area (TPSA) is 26.0 Å². The fourth-order valence-electron chi connectivity index (χ4n) is 1.62. The van der Waals surface area contributed by atoms with Gasteiger partial charge >= 0.3 is 0 Å². The van der Waals surface area contributed by atoms with Gasteiger partial charge in [0.2, 0.25) is 5.89 Å². The molecule has 0 aliphatic heterocycles. The van der Waals surface area contributed by atoms with Crippen molar-refractivity contribution >= 4 is 27.0 Å². The SMILES string of the molecule is Fc1cc(-c2nc3ccccc3o2)ccc1Br. The van der Waals surface area contributed by atoms with Crippen LogP contribution in [0.1, 0.15) is 0 Å². The first kappa shape index (κ1) is 10.5. The van der Waals surface area contributed by atoms with Crippen LogP contribution in [-0.4, -0.2) is 4.98 Å². The molecule has 0 N–H and O–H groups in total. The highest BCUT2D eigenvalue weighted by Gasteiger charge is 2.09. The number of halogens is 2. The summed E-state index contributed by atoms with van der Waals surface area (Å²) in [6.45, 7) is 0. The van der Waals surface area contributed by atoms with Gasteiger partial charge in [0, 0.05) is 5.56 Å². The highest BCUT2D eigenvalue weighted by Crippen LogP contribution is 2.26. The molecule has 0 saturated carbocycles. The van der Waals surface area contributed by atoms with E-state index in [0.29, 0.717) is 21.5 Å². The zero-order valence-electron chi connectivity index (χ0n) is 8.65. The van der Waals surface area contributed by atoms with Gasteiger partial charge in [-0.05, 0) is 46.3 Å². The highest BCUT2D eigenvalue weighted by atomic mass is 79.9. The first-order valence-corrected chi connectivity index (χ1v) is 5.84. The van der Waals surface area contributed by atoms with Crippen LogP contribution in [0.15, 0.2) is 51.4 Å². The van der Waals surface area contributed by atoms with Crippen molar-refractivity contribution in [3.8, 4) is 11.5 Å². The Bertz CT molecular complexity index is 660. The van der Waals surface area contributed by atoms with Gasteiger partial charge in [-0.2, -0.15) is 0 Å². The molecular formula is C13H7BrFNO. The highest BCUT2D eigenvalue weighted by molar-refractivity contribution is 9.10. The molecule has 17 heavy (non-hydrogen) atoms. The second kappa shape index (κ2) is 3.96. The minimum Gasteiger partial charge on any atom is -0.436 e. The van der Waals surface area contributed by atoms with Gasteiger partial charge < -0.3 is 4.42 Å². The molecule has 0 bridgehead atoms. The second-order valence-corrected chi connectivity index (χ2v) is 4.47. The maximum atomic E-state index is 13.4. The number of aromatic nitrogens is 1. The van der Waals surface area contributed by atoms with E-state index in [4.69, 9.17) is 4.42 Å². The molecule has 0 aliphatic rings. The standard InChI is InChI=1S/C13H7BrFNO/c14-9-6-5-8(7-10(9)15)13-16-11-3-1-2-4-12(11)17-13/h1-7H. The molecule has 3 rings (SSSR count). The Morgan fingerprint density at radius 1 is 1.12 bits per heavy atom. The largest absolute Gasteiger partial charge is 0.436 e. The Morgan fingerprint density at radius 3 is 2.71 bits per heavy atom. The minimum atomic E-state index is -0.329. The van der Waals surface area contributed by atoms with E-state index in [0.717, 1.165) is 5.52 Å².